The third-order valence-electron chi connectivity index (χ3n) is 1.95. The summed E-state index contributed by atoms with van der Waals surface area (Å²) < 4.78 is 30.4. The molecule has 0 aliphatic rings. The van der Waals surface area contributed by atoms with Crippen LogP contribution in [0.2, 0.25) is 0 Å². The van der Waals surface area contributed by atoms with Crippen molar-refractivity contribution in [1.82, 2.24) is 4.98 Å². The number of pyridine rings is 1. The molecule has 0 N–H and O–H groups in total. The van der Waals surface area contributed by atoms with Gasteiger partial charge in [0, 0.05) is 16.2 Å². The van der Waals surface area contributed by atoms with Crippen LogP contribution >= 0.6 is 15.9 Å². The van der Waals surface area contributed by atoms with Crippen molar-refractivity contribution in [2.24, 2.45) is 0 Å². The molecule has 1 aromatic heterocycles. The second-order valence-electron chi connectivity index (χ2n) is 3.01. The van der Waals surface area contributed by atoms with E-state index in [0.717, 1.165) is 6.20 Å². The predicted octanol–water partition coefficient (Wildman–Crippen LogP) is 3.27. The zero-order valence-corrected chi connectivity index (χ0v) is 10.3. The van der Waals surface area contributed by atoms with Gasteiger partial charge in [-0.15, -0.1) is 0 Å². The molecule has 0 aromatic carbocycles. The summed E-state index contributed by atoms with van der Waals surface area (Å²) in [6, 6.07) is 0. The van der Waals surface area contributed by atoms with E-state index in [4.69, 9.17) is 0 Å². The van der Waals surface area contributed by atoms with Gasteiger partial charge < -0.3 is 4.74 Å². The van der Waals surface area contributed by atoms with E-state index in [1.54, 1.807) is 13.8 Å². The lowest BCUT2D eigenvalue weighted by atomic mass is 10.1. The van der Waals surface area contributed by atoms with E-state index in [1.165, 1.54) is 0 Å². The average Bonchev–Trinajstić information content (AvgIpc) is 2.21. The van der Waals surface area contributed by atoms with E-state index in [1.807, 2.05) is 0 Å². The Labute approximate surface area is 99.9 Å². The van der Waals surface area contributed by atoms with Crippen LogP contribution in [-0.4, -0.2) is 17.6 Å². The third kappa shape index (κ3) is 2.55. The van der Waals surface area contributed by atoms with Crippen LogP contribution < -0.4 is 0 Å². The number of nitrogens with zero attached hydrogens (tertiary/aromatic N) is 1. The number of halogens is 3. The van der Waals surface area contributed by atoms with E-state index in [0.29, 0.717) is 5.69 Å². The fourth-order valence-corrected chi connectivity index (χ4v) is 1.67. The molecule has 0 spiro atoms. The lowest BCUT2D eigenvalue weighted by Gasteiger charge is -2.11. The van der Waals surface area contributed by atoms with Gasteiger partial charge in [0.15, 0.2) is 0 Å². The minimum atomic E-state index is -2.75. The number of hydrogen-bond acceptors (Lipinski definition) is 3. The Balaban J connectivity index is 3.28. The fraction of sp³-hybridized carbons (Fsp3) is 0.400. The van der Waals surface area contributed by atoms with Gasteiger partial charge in [-0.2, -0.15) is 0 Å². The highest BCUT2D eigenvalue weighted by molar-refractivity contribution is 9.10. The van der Waals surface area contributed by atoms with E-state index in [2.05, 4.69) is 25.7 Å². The van der Waals surface area contributed by atoms with E-state index in [-0.39, 0.29) is 22.2 Å². The van der Waals surface area contributed by atoms with Gasteiger partial charge in [0.2, 0.25) is 0 Å². The van der Waals surface area contributed by atoms with Gasteiger partial charge in [0.25, 0.3) is 6.43 Å². The Morgan fingerprint density at radius 2 is 2.25 bits per heavy atom. The summed E-state index contributed by atoms with van der Waals surface area (Å²) >= 11 is 3.00. The van der Waals surface area contributed by atoms with Crippen LogP contribution in [0.4, 0.5) is 8.78 Å². The maximum atomic E-state index is 12.8. The zero-order chi connectivity index (χ0) is 12.3. The van der Waals surface area contributed by atoms with Crippen LogP contribution in [0.1, 0.15) is 35.0 Å². The second kappa shape index (κ2) is 5.34. The summed E-state index contributed by atoms with van der Waals surface area (Å²) in [7, 11) is 0. The monoisotopic (exact) mass is 293 g/mol. The summed E-state index contributed by atoms with van der Waals surface area (Å²) in [4.78, 5) is 15.3. The molecule has 1 aromatic rings. The largest absolute Gasteiger partial charge is 0.462 e. The maximum absolute atomic E-state index is 12.8. The maximum Gasteiger partial charge on any atom is 0.340 e. The molecule has 0 aliphatic carbocycles. The first-order valence-electron chi connectivity index (χ1n) is 4.59. The lowest BCUT2D eigenvalue weighted by molar-refractivity contribution is 0.0514. The molecule has 0 saturated heterocycles. The molecule has 0 unspecified atom stereocenters. The van der Waals surface area contributed by atoms with Crippen LogP contribution in [0.3, 0.4) is 0 Å². The van der Waals surface area contributed by atoms with Crippen molar-refractivity contribution < 1.29 is 18.3 Å². The first-order valence-corrected chi connectivity index (χ1v) is 5.38. The molecule has 0 radical (unpaired) electrons. The Morgan fingerprint density at radius 3 is 2.75 bits per heavy atom. The minimum absolute atomic E-state index is 0.132. The van der Waals surface area contributed by atoms with Crippen LogP contribution in [0.5, 0.6) is 0 Å². The number of aryl methyl sites for hydroxylation is 1. The van der Waals surface area contributed by atoms with Crippen molar-refractivity contribution in [3.8, 4) is 0 Å². The molecule has 16 heavy (non-hydrogen) atoms. The van der Waals surface area contributed by atoms with Gasteiger partial charge >= 0.3 is 5.97 Å². The van der Waals surface area contributed by atoms with Crippen molar-refractivity contribution in [2.75, 3.05) is 6.61 Å². The summed E-state index contributed by atoms with van der Waals surface area (Å²) in [6.07, 6.45) is -1.64. The van der Waals surface area contributed by atoms with Gasteiger partial charge in [-0.1, -0.05) is 0 Å². The molecule has 1 rings (SSSR count). The first-order chi connectivity index (χ1) is 7.49. The SMILES string of the molecule is CCOC(=O)c1cnc(C)c(Br)c1C(F)F. The van der Waals surface area contributed by atoms with Crippen LogP contribution in [0.15, 0.2) is 10.7 Å². The van der Waals surface area contributed by atoms with Gasteiger partial charge in [-0.3, -0.25) is 4.98 Å². The number of carbonyl (C=O) groups is 1. The molecule has 88 valence electrons. The van der Waals surface area contributed by atoms with Crippen molar-refractivity contribution in [3.63, 3.8) is 0 Å². The van der Waals surface area contributed by atoms with Gasteiger partial charge in [0.05, 0.1) is 17.9 Å². The van der Waals surface area contributed by atoms with Crippen LogP contribution in [0.25, 0.3) is 0 Å². The van der Waals surface area contributed by atoms with E-state index < -0.39 is 12.4 Å². The molecule has 0 aliphatic heterocycles. The number of ether oxygens (including phenoxy) is 1. The predicted molar refractivity (Wildman–Crippen MR) is 57.6 cm³/mol. The van der Waals surface area contributed by atoms with Crippen LogP contribution in [-0.2, 0) is 4.74 Å². The highest BCUT2D eigenvalue weighted by atomic mass is 79.9. The highest BCUT2D eigenvalue weighted by Gasteiger charge is 2.24. The zero-order valence-electron chi connectivity index (χ0n) is 8.76. The number of aromatic nitrogens is 1. The highest BCUT2D eigenvalue weighted by Crippen LogP contribution is 2.32. The van der Waals surface area contributed by atoms with Gasteiger partial charge in [0.1, 0.15) is 0 Å². The molecule has 6 heteroatoms. The normalized spacial score (nSPS) is 10.6. The van der Waals surface area contributed by atoms with Crippen molar-refractivity contribution >= 4 is 21.9 Å². The van der Waals surface area contributed by atoms with Gasteiger partial charge in [-0.05, 0) is 29.8 Å². The molecule has 0 saturated carbocycles. The van der Waals surface area contributed by atoms with E-state index >= 15 is 0 Å². The topological polar surface area (TPSA) is 39.2 Å². The van der Waals surface area contributed by atoms with Crippen LogP contribution in [0, 0.1) is 6.92 Å². The van der Waals surface area contributed by atoms with E-state index in [9.17, 15) is 13.6 Å². The minimum Gasteiger partial charge on any atom is -0.462 e. The summed E-state index contributed by atoms with van der Waals surface area (Å²) in [6.45, 7) is 3.31. The Hall–Kier alpha value is -1.04. The molecular formula is C10H10BrF2NO2. The second-order valence-corrected chi connectivity index (χ2v) is 3.80. The first kappa shape index (κ1) is 13.0. The summed E-state index contributed by atoms with van der Waals surface area (Å²) in [5.41, 5.74) is -0.163. The number of carbonyl (C=O) groups excluding carboxylic acids is 1. The quantitative estimate of drug-likeness (QED) is 0.803. The average molecular weight is 294 g/mol. The molecule has 1 heterocycles. The molecule has 0 amide bonds. The molecule has 0 fully saturated rings. The number of rotatable bonds is 3. The smallest absolute Gasteiger partial charge is 0.340 e. The van der Waals surface area contributed by atoms with Gasteiger partial charge in [-0.25, -0.2) is 13.6 Å². The standard InChI is InChI=1S/C10H10BrF2NO2/c1-3-16-10(15)6-4-14-5(2)8(11)7(6)9(12)13/h4,9H,3H2,1-2H3. The van der Waals surface area contributed by atoms with Crippen molar-refractivity contribution in [1.29, 1.82) is 0 Å². The summed E-state index contributed by atoms with van der Waals surface area (Å²) in [5, 5.41) is 0. The number of hydrogen-bond donors (Lipinski definition) is 0. The lowest BCUT2D eigenvalue weighted by Crippen LogP contribution is -2.10. The summed E-state index contributed by atoms with van der Waals surface area (Å²) in [5.74, 6) is -0.786. The van der Waals surface area contributed by atoms with Crippen molar-refractivity contribution in [2.45, 2.75) is 20.3 Å². The Bertz CT molecular complexity index is 410. The third-order valence-corrected chi connectivity index (χ3v) is 2.95. The molecule has 0 atom stereocenters. The Kier molecular flexibility index (Phi) is 4.35. The number of esters is 1. The Morgan fingerprint density at radius 1 is 1.62 bits per heavy atom. The number of alkyl halides is 2. The van der Waals surface area contributed by atoms with Crippen molar-refractivity contribution in [3.05, 3.63) is 27.5 Å². The molecule has 0 bridgehead atoms. The molecule has 3 nitrogen and oxygen atoms in total. The molecular weight excluding hydrogens is 284 g/mol. The fourth-order valence-electron chi connectivity index (χ4n) is 1.19.